The second kappa shape index (κ2) is 10.6. The summed E-state index contributed by atoms with van der Waals surface area (Å²) in [5, 5.41) is 2.91. The minimum atomic E-state index is -3.54. The molecule has 1 heterocycles. The average molecular weight is 458 g/mol. The molecule has 1 aliphatic rings. The van der Waals surface area contributed by atoms with E-state index in [1.54, 1.807) is 18.2 Å². The lowest BCUT2D eigenvalue weighted by molar-refractivity contribution is -0.117. The molecule has 0 radical (unpaired) electrons. The van der Waals surface area contributed by atoms with Crippen molar-refractivity contribution in [2.75, 3.05) is 39.0 Å². The summed E-state index contributed by atoms with van der Waals surface area (Å²) in [7, 11) is -0.546. The van der Waals surface area contributed by atoms with Gasteiger partial charge in [0.05, 0.1) is 11.4 Å². The number of sulfonamides is 1. The molecule has 0 atom stereocenters. The first-order valence-electron chi connectivity index (χ1n) is 11.3. The van der Waals surface area contributed by atoms with Gasteiger partial charge in [-0.1, -0.05) is 35.9 Å². The molecule has 2 aromatic carbocycles. The van der Waals surface area contributed by atoms with Crippen LogP contribution in [0.25, 0.3) is 0 Å². The summed E-state index contributed by atoms with van der Waals surface area (Å²) < 4.78 is 26.0. The number of hydrogen-bond donors (Lipinski definition) is 1. The fourth-order valence-electron chi connectivity index (χ4n) is 4.06. The molecule has 0 unspecified atom stereocenters. The van der Waals surface area contributed by atoms with Crippen LogP contribution in [-0.4, -0.2) is 57.3 Å². The van der Waals surface area contributed by atoms with Gasteiger partial charge in [-0.25, -0.2) is 12.7 Å². The molecule has 0 bridgehead atoms. The van der Waals surface area contributed by atoms with Gasteiger partial charge in [-0.3, -0.25) is 9.69 Å². The zero-order chi connectivity index (χ0) is 23.3. The van der Waals surface area contributed by atoms with Crippen molar-refractivity contribution in [1.82, 2.24) is 9.21 Å². The van der Waals surface area contributed by atoms with Crippen LogP contribution in [0.2, 0.25) is 0 Å². The first-order valence-corrected chi connectivity index (χ1v) is 12.7. The summed E-state index contributed by atoms with van der Waals surface area (Å²) in [5.41, 5.74) is 4.07. The van der Waals surface area contributed by atoms with E-state index in [2.05, 4.69) is 41.4 Å². The summed E-state index contributed by atoms with van der Waals surface area (Å²) >= 11 is 0. The molecule has 1 amide bonds. The molecule has 1 N–H and O–H groups in total. The first kappa shape index (κ1) is 24.4. The number of nitrogens with zero attached hydrogens (tertiary/aromatic N) is 2. The van der Waals surface area contributed by atoms with E-state index < -0.39 is 10.0 Å². The highest BCUT2D eigenvalue weighted by atomic mass is 32.2. The van der Waals surface area contributed by atoms with Gasteiger partial charge in [-0.15, -0.1) is 0 Å². The molecular formula is C25H35N3O3S. The van der Waals surface area contributed by atoms with Crippen molar-refractivity contribution in [2.24, 2.45) is 5.92 Å². The fourth-order valence-corrected chi connectivity index (χ4v) is 4.99. The Labute approximate surface area is 192 Å². The van der Waals surface area contributed by atoms with E-state index in [1.807, 2.05) is 6.92 Å². The number of likely N-dealkylation sites (tertiary alicyclic amines) is 1. The number of amides is 1. The van der Waals surface area contributed by atoms with Gasteiger partial charge < -0.3 is 5.32 Å². The zero-order valence-electron chi connectivity index (χ0n) is 19.6. The Morgan fingerprint density at radius 3 is 2.34 bits per heavy atom. The number of anilines is 1. The summed E-state index contributed by atoms with van der Waals surface area (Å²) in [5.74, 6) is 0.594. The highest BCUT2D eigenvalue weighted by Gasteiger charge is 2.22. The highest BCUT2D eigenvalue weighted by Crippen LogP contribution is 2.24. The molecule has 2 aromatic rings. The summed E-state index contributed by atoms with van der Waals surface area (Å²) in [4.78, 5) is 15.0. The Bertz CT molecular complexity index is 1020. The Balaban J connectivity index is 1.48. The fraction of sp³-hybridized carbons (Fsp3) is 0.480. The molecule has 7 heteroatoms. The second-order valence-corrected chi connectivity index (χ2v) is 11.2. The van der Waals surface area contributed by atoms with Gasteiger partial charge >= 0.3 is 0 Å². The molecule has 32 heavy (non-hydrogen) atoms. The monoisotopic (exact) mass is 457 g/mol. The number of piperidine rings is 1. The zero-order valence-corrected chi connectivity index (χ0v) is 20.4. The van der Waals surface area contributed by atoms with Crippen LogP contribution in [0.1, 0.15) is 36.0 Å². The molecule has 0 aliphatic carbocycles. The summed E-state index contributed by atoms with van der Waals surface area (Å²) in [6.07, 6.45) is 4.51. The van der Waals surface area contributed by atoms with Crippen LogP contribution in [0, 0.1) is 19.8 Å². The lowest BCUT2D eigenvalue weighted by Crippen LogP contribution is -2.39. The summed E-state index contributed by atoms with van der Waals surface area (Å²) in [6.45, 7) is 6.13. The molecule has 3 rings (SSSR count). The van der Waals surface area contributed by atoms with Crippen molar-refractivity contribution in [2.45, 2.75) is 44.4 Å². The topological polar surface area (TPSA) is 69.7 Å². The maximum Gasteiger partial charge on any atom is 0.242 e. The van der Waals surface area contributed by atoms with Gasteiger partial charge in [0, 0.05) is 19.8 Å². The minimum Gasteiger partial charge on any atom is -0.325 e. The van der Waals surface area contributed by atoms with Gasteiger partial charge in [0.2, 0.25) is 15.9 Å². The maximum atomic E-state index is 12.6. The van der Waals surface area contributed by atoms with Crippen molar-refractivity contribution in [3.8, 4) is 0 Å². The average Bonchev–Trinajstić information content (AvgIpc) is 2.75. The molecular weight excluding hydrogens is 422 g/mol. The van der Waals surface area contributed by atoms with Gasteiger partial charge in [0.25, 0.3) is 0 Å². The lowest BCUT2D eigenvalue weighted by Gasteiger charge is -2.31. The number of benzene rings is 2. The molecule has 174 valence electrons. The molecule has 0 aromatic heterocycles. The number of carbonyl (C=O) groups is 1. The quantitative estimate of drug-likeness (QED) is 0.654. The molecule has 0 spiro atoms. The number of aryl methyl sites for hydroxylation is 3. The van der Waals surface area contributed by atoms with Crippen LogP contribution >= 0.6 is 0 Å². The van der Waals surface area contributed by atoms with Gasteiger partial charge in [-0.2, -0.15) is 0 Å². The normalized spacial score (nSPS) is 15.8. The van der Waals surface area contributed by atoms with Crippen molar-refractivity contribution in [1.29, 1.82) is 0 Å². The van der Waals surface area contributed by atoms with E-state index in [9.17, 15) is 13.2 Å². The van der Waals surface area contributed by atoms with Crippen LogP contribution < -0.4 is 5.32 Å². The SMILES string of the molecule is Cc1ccc(CCC2CCN(CC(=O)Nc3cc(S(=O)(=O)N(C)C)ccc3C)CC2)cc1. The molecule has 1 fully saturated rings. The Morgan fingerprint density at radius 2 is 1.72 bits per heavy atom. The number of rotatable bonds is 8. The van der Waals surface area contributed by atoms with Gasteiger partial charge in [0.15, 0.2) is 0 Å². The van der Waals surface area contributed by atoms with Crippen molar-refractivity contribution >= 4 is 21.6 Å². The third-order valence-electron chi connectivity index (χ3n) is 6.30. The molecule has 6 nitrogen and oxygen atoms in total. The first-order chi connectivity index (χ1) is 15.1. The standard InChI is InChI=1S/C25H35N3O3S/c1-19-5-8-21(9-6-19)10-11-22-13-15-28(16-14-22)18-25(29)26-24-17-23(12-7-20(24)2)32(30,31)27(3)4/h5-9,12,17,22H,10-11,13-16,18H2,1-4H3,(H,26,29). The predicted octanol–water partition coefficient (Wildman–Crippen LogP) is 3.84. The van der Waals surface area contributed by atoms with Crippen LogP contribution in [0.4, 0.5) is 5.69 Å². The summed E-state index contributed by atoms with van der Waals surface area (Å²) in [6, 6.07) is 13.6. The number of carbonyl (C=O) groups excluding carboxylic acids is 1. The van der Waals surface area contributed by atoms with Crippen molar-refractivity contribution in [3.05, 3.63) is 59.2 Å². The minimum absolute atomic E-state index is 0.106. The van der Waals surface area contributed by atoms with E-state index in [1.165, 1.54) is 35.9 Å². The van der Waals surface area contributed by atoms with Crippen molar-refractivity contribution < 1.29 is 13.2 Å². The Kier molecular flexibility index (Phi) is 8.09. The van der Waals surface area contributed by atoms with Crippen LogP contribution in [0.15, 0.2) is 47.4 Å². The lowest BCUT2D eigenvalue weighted by atomic mass is 9.90. The molecule has 0 saturated carbocycles. The molecule has 1 saturated heterocycles. The predicted molar refractivity (Wildman–Crippen MR) is 129 cm³/mol. The van der Waals surface area contributed by atoms with E-state index in [0.717, 1.165) is 37.9 Å². The second-order valence-electron chi connectivity index (χ2n) is 9.06. The third kappa shape index (κ3) is 6.40. The van der Waals surface area contributed by atoms with E-state index in [-0.39, 0.29) is 10.8 Å². The van der Waals surface area contributed by atoms with Crippen LogP contribution in [-0.2, 0) is 21.2 Å². The molecule has 1 aliphatic heterocycles. The highest BCUT2D eigenvalue weighted by molar-refractivity contribution is 7.89. The number of nitrogens with one attached hydrogen (secondary N) is 1. The maximum absolute atomic E-state index is 12.6. The largest absolute Gasteiger partial charge is 0.325 e. The van der Waals surface area contributed by atoms with Crippen molar-refractivity contribution in [3.63, 3.8) is 0 Å². The third-order valence-corrected chi connectivity index (χ3v) is 8.11. The van der Waals surface area contributed by atoms with Gasteiger partial charge in [0.1, 0.15) is 0 Å². The van der Waals surface area contributed by atoms with E-state index >= 15 is 0 Å². The van der Waals surface area contributed by atoms with Crippen LogP contribution in [0.3, 0.4) is 0 Å². The Hall–Kier alpha value is -2.22. The van der Waals surface area contributed by atoms with E-state index in [0.29, 0.717) is 18.2 Å². The van der Waals surface area contributed by atoms with Crippen LogP contribution in [0.5, 0.6) is 0 Å². The van der Waals surface area contributed by atoms with E-state index in [4.69, 9.17) is 0 Å². The van der Waals surface area contributed by atoms with Gasteiger partial charge in [-0.05, 0) is 81.8 Å². The Morgan fingerprint density at radius 1 is 1.06 bits per heavy atom. The smallest absolute Gasteiger partial charge is 0.242 e. The number of hydrogen-bond acceptors (Lipinski definition) is 4.